The van der Waals surface area contributed by atoms with Gasteiger partial charge in [0.25, 0.3) is 0 Å². The van der Waals surface area contributed by atoms with Crippen molar-refractivity contribution in [3.8, 4) is 0 Å². The van der Waals surface area contributed by atoms with Gasteiger partial charge in [0.1, 0.15) is 0 Å². The highest BCUT2D eigenvalue weighted by molar-refractivity contribution is 8.00. The predicted octanol–water partition coefficient (Wildman–Crippen LogP) is 3.67. The number of hydrogen-bond donors (Lipinski definition) is 1. The molecule has 1 aromatic carbocycles. The first-order valence-electron chi connectivity index (χ1n) is 7.35. The van der Waals surface area contributed by atoms with Gasteiger partial charge >= 0.3 is 0 Å². The van der Waals surface area contributed by atoms with E-state index in [1.54, 1.807) is 6.20 Å². The van der Waals surface area contributed by atoms with Crippen molar-refractivity contribution in [2.45, 2.75) is 42.8 Å². The fourth-order valence-corrected chi connectivity index (χ4v) is 3.25. The summed E-state index contributed by atoms with van der Waals surface area (Å²) in [6.45, 7) is 2.42. The number of halogens is 1. The minimum absolute atomic E-state index is 0.0188. The first kappa shape index (κ1) is 15.4. The highest BCUT2D eigenvalue weighted by Crippen LogP contribution is 2.38. The van der Waals surface area contributed by atoms with E-state index in [0.29, 0.717) is 17.6 Å². The highest BCUT2D eigenvalue weighted by atomic mass is 35.5. The Morgan fingerprint density at radius 2 is 2.18 bits per heavy atom. The Morgan fingerprint density at radius 3 is 2.86 bits per heavy atom. The molecule has 6 heteroatoms. The van der Waals surface area contributed by atoms with Crippen LogP contribution in [0, 0.1) is 0 Å². The first-order valence-corrected chi connectivity index (χ1v) is 8.61. The van der Waals surface area contributed by atoms with E-state index < -0.39 is 0 Å². The molecule has 1 fully saturated rings. The maximum absolute atomic E-state index is 12.2. The van der Waals surface area contributed by atoms with Gasteiger partial charge in [0, 0.05) is 30.0 Å². The molecule has 3 rings (SSSR count). The van der Waals surface area contributed by atoms with Crippen LogP contribution in [-0.4, -0.2) is 20.7 Å². The predicted molar refractivity (Wildman–Crippen MR) is 89.1 cm³/mol. The van der Waals surface area contributed by atoms with Crippen molar-refractivity contribution in [2.24, 2.45) is 0 Å². The Kier molecular flexibility index (Phi) is 4.74. The Balaban J connectivity index is 1.53. The maximum atomic E-state index is 12.2. The number of carbonyl (C=O) groups excluding carboxylic acids is 1. The fourth-order valence-electron chi connectivity index (χ4n) is 2.17. The molecule has 1 unspecified atom stereocenters. The Labute approximate surface area is 139 Å². The lowest BCUT2D eigenvalue weighted by molar-refractivity contribution is -0.120. The van der Waals surface area contributed by atoms with Gasteiger partial charge in [-0.2, -0.15) is 0 Å². The largest absolute Gasteiger partial charge is 0.351 e. The van der Waals surface area contributed by atoms with Gasteiger partial charge in [-0.25, -0.2) is 4.98 Å². The molecule has 1 atom stereocenters. The van der Waals surface area contributed by atoms with Crippen LogP contribution in [0.3, 0.4) is 0 Å². The molecule has 1 aliphatic carbocycles. The van der Waals surface area contributed by atoms with Crippen LogP contribution in [0.5, 0.6) is 0 Å². The summed E-state index contributed by atoms with van der Waals surface area (Å²) in [6, 6.07) is 8.07. The molecule has 1 heterocycles. The molecule has 116 valence electrons. The zero-order valence-electron chi connectivity index (χ0n) is 12.3. The van der Waals surface area contributed by atoms with Crippen molar-refractivity contribution >= 4 is 29.3 Å². The number of imidazole rings is 1. The van der Waals surface area contributed by atoms with Crippen LogP contribution in [-0.2, 0) is 11.3 Å². The summed E-state index contributed by atoms with van der Waals surface area (Å²) >= 11 is 7.36. The van der Waals surface area contributed by atoms with Crippen molar-refractivity contribution < 1.29 is 4.79 Å². The van der Waals surface area contributed by atoms with Crippen LogP contribution in [0.1, 0.15) is 31.4 Å². The van der Waals surface area contributed by atoms with E-state index in [4.69, 9.17) is 11.6 Å². The Hall–Kier alpha value is -1.46. The average Bonchev–Trinajstić information content (AvgIpc) is 3.26. The molecule has 1 saturated carbocycles. The standard InChI is InChI=1S/C16H18ClN3OS/c1-11(22-16-18-8-9-20(16)14-6-7-14)15(21)19-10-12-2-4-13(17)5-3-12/h2-5,8-9,11,14H,6-7,10H2,1H3,(H,19,21). The third kappa shape index (κ3) is 3.84. The van der Waals surface area contributed by atoms with Gasteiger partial charge in [0.2, 0.25) is 5.91 Å². The van der Waals surface area contributed by atoms with E-state index in [1.165, 1.54) is 24.6 Å². The first-order chi connectivity index (χ1) is 10.6. The molecule has 1 aliphatic rings. The SMILES string of the molecule is CC(Sc1nccn1C1CC1)C(=O)NCc1ccc(Cl)cc1. The second kappa shape index (κ2) is 6.75. The summed E-state index contributed by atoms with van der Waals surface area (Å²) in [7, 11) is 0. The van der Waals surface area contributed by atoms with E-state index in [2.05, 4.69) is 14.9 Å². The van der Waals surface area contributed by atoms with Crippen LogP contribution in [0.15, 0.2) is 41.8 Å². The maximum Gasteiger partial charge on any atom is 0.233 e. The number of thioether (sulfide) groups is 1. The van der Waals surface area contributed by atoms with Crippen LogP contribution < -0.4 is 5.32 Å². The van der Waals surface area contributed by atoms with E-state index in [0.717, 1.165) is 10.7 Å². The lowest BCUT2D eigenvalue weighted by Crippen LogP contribution is -2.30. The van der Waals surface area contributed by atoms with Crippen molar-refractivity contribution in [3.05, 3.63) is 47.2 Å². The zero-order valence-corrected chi connectivity index (χ0v) is 13.9. The van der Waals surface area contributed by atoms with Crippen molar-refractivity contribution in [2.75, 3.05) is 0 Å². The zero-order chi connectivity index (χ0) is 15.5. The smallest absolute Gasteiger partial charge is 0.233 e. The molecule has 1 amide bonds. The molecule has 0 radical (unpaired) electrons. The molecule has 22 heavy (non-hydrogen) atoms. The minimum Gasteiger partial charge on any atom is -0.351 e. The monoisotopic (exact) mass is 335 g/mol. The lowest BCUT2D eigenvalue weighted by Gasteiger charge is -2.13. The van der Waals surface area contributed by atoms with Crippen molar-refractivity contribution in [3.63, 3.8) is 0 Å². The van der Waals surface area contributed by atoms with E-state index in [1.807, 2.05) is 37.4 Å². The van der Waals surface area contributed by atoms with Gasteiger partial charge in [-0.05, 0) is 37.5 Å². The number of carbonyl (C=O) groups is 1. The summed E-state index contributed by atoms with van der Waals surface area (Å²) in [4.78, 5) is 16.6. The molecule has 1 N–H and O–H groups in total. The van der Waals surface area contributed by atoms with Gasteiger partial charge in [0.05, 0.1) is 5.25 Å². The number of hydrogen-bond acceptors (Lipinski definition) is 3. The molecule has 2 aromatic rings. The van der Waals surface area contributed by atoms with Gasteiger partial charge in [0.15, 0.2) is 5.16 Å². The summed E-state index contributed by atoms with van der Waals surface area (Å²) < 4.78 is 2.17. The fraction of sp³-hybridized carbons (Fsp3) is 0.375. The van der Waals surface area contributed by atoms with Gasteiger partial charge < -0.3 is 9.88 Å². The Morgan fingerprint density at radius 1 is 1.45 bits per heavy atom. The number of nitrogens with zero attached hydrogens (tertiary/aromatic N) is 2. The molecule has 0 aliphatic heterocycles. The second-order valence-electron chi connectivity index (χ2n) is 5.45. The third-order valence-corrected chi connectivity index (χ3v) is 4.95. The van der Waals surface area contributed by atoms with Gasteiger partial charge in [-0.3, -0.25) is 4.79 Å². The lowest BCUT2D eigenvalue weighted by atomic mass is 10.2. The quantitative estimate of drug-likeness (QED) is 0.819. The molecule has 0 saturated heterocycles. The minimum atomic E-state index is -0.174. The number of aromatic nitrogens is 2. The molecular formula is C16H18ClN3OS. The average molecular weight is 336 g/mol. The number of nitrogens with one attached hydrogen (secondary N) is 1. The molecule has 4 nitrogen and oxygen atoms in total. The molecule has 0 bridgehead atoms. The second-order valence-corrected chi connectivity index (χ2v) is 7.20. The third-order valence-electron chi connectivity index (χ3n) is 3.60. The van der Waals surface area contributed by atoms with Crippen LogP contribution in [0.2, 0.25) is 5.02 Å². The van der Waals surface area contributed by atoms with Crippen molar-refractivity contribution in [1.29, 1.82) is 0 Å². The summed E-state index contributed by atoms with van der Waals surface area (Å²) in [6.07, 6.45) is 6.22. The highest BCUT2D eigenvalue weighted by Gasteiger charge is 2.27. The van der Waals surface area contributed by atoms with Crippen LogP contribution in [0.4, 0.5) is 0 Å². The molecule has 0 spiro atoms. The summed E-state index contributed by atoms with van der Waals surface area (Å²) in [5.74, 6) is 0.0188. The van der Waals surface area contributed by atoms with E-state index in [9.17, 15) is 4.79 Å². The van der Waals surface area contributed by atoms with Crippen LogP contribution in [0.25, 0.3) is 0 Å². The normalized spacial score (nSPS) is 15.5. The van der Waals surface area contributed by atoms with Crippen molar-refractivity contribution in [1.82, 2.24) is 14.9 Å². The number of benzene rings is 1. The summed E-state index contributed by atoms with van der Waals surface area (Å²) in [5.41, 5.74) is 1.04. The Bertz CT molecular complexity index is 652. The number of rotatable bonds is 6. The topological polar surface area (TPSA) is 46.9 Å². The van der Waals surface area contributed by atoms with Gasteiger partial charge in [-0.15, -0.1) is 0 Å². The molecule has 1 aromatic heterocycles. The summed E-state index contributed by atoms with van der Waals surface area (Å²) in [5, 5.41) is 4.41. The number of amides is 1. The van der Waals surface area contributed by atoms with E-state index in [-0.39, 0.29) is 11.2 Å². The molecular weight excluding hydrogens is 318 g/mol. The van der Waals surface area contributed by atoms with Crippen LogP contribution >= 0.6 is 23.4 Å². The van der Waals surface area contributed by atoms with Gasteiger partial charge in [-0.1, -0.05) is 35.5 Å². The van der Waals surface area contributed by atoms with E-state index >= 15 is 0 Å².